The molecule has 2 nitrogen and oxygen atoms in total. The second-order valence-corrected chi connectivity index (χ2v) is 5.30. The van der Waals surface area contributed by atoms with Gasteiger partial charge in [0.25, 0.3) is 0 Å². The zero-order chi connectivity index (χ0) is 7.83. The molecule has 1 aliphatic heterocycles. The van der Waals surface area contributed by atoms with Crippen LogP contribution in [0.25, 0.3) is 0 Å². The molecule has 0 aromatic rings. The maximum atomic E-state index is 10.8. The molecule has 3 heteroatoms. The third-order valence-corrected chi connectivity index (χ3v) is 4.66. The summed E-state index contributed by atoms with van der Waals surface area (Å²) in [6, 6.07) is 0. The van der Waals surface area contributed by atoms with Crippen LogP contribution < -0.4 is 0 Å². The largest absolute Gasteiger partial charge is 0.229 e. The third-order valence-electron chi connectivity index (χ3n) is 2.55. The topological polar surface area (TPSA) is 34.1 Å². The second-order valence-electron chi connectivity index (χ2n) is 3.24. The van der Waals surface area contributed by atoms with Gasteiger partial charge in [0.1, 0.15) is 0 Å². The summed E-state index contributed by atoms with van der Waals surface area (Å²) in [5.41, 5.74) is 0.152. The van der Waals surface area contributed by atoms with Gasteiger partial charge in [0.05, 0.1) is 11.5 Å². The van der Waals surface area contributed by atoms with Crippen LogP contribution in [0.15, 0.2) is 0 Å². The first-order chi connectivity index (χ1) is 4.54. The van der Waals surface area contributed by atoms with E-state index >= 15 is 0 Å². The first-order valence-electron chi connectivity index (χ1n) is 3.74. The first kappa shape index (κ1) is 8.05. The van der Waals surface area contributed by atoms with Gasteiger partial charge in [0.15, 0.2) is 9.84 Å². The van der Waals surface area contributed by atoms with Crippen LogP contribution in [0, 0.1) is 5.41 Å². The molecule has 0 aromatic carbocycles. The monoisotopic (exact) mass is 162 g/mol. The Kier molecular flexibility index (Phi) is 1.79. The lowest BCUT2D eigenvalue weighted by Gasteiger charge is -2.39. The van der Waals surface area contributed by atoms with E-state index in [-0.39, 0.29) is 5.41 Å². The van der Waals surface area contributed by atoms with Gasteiger partial charge in [-0.1, -0.05) is 13.8 Å². The molecule has 0 atom stereocenters. The second kappa shape index (κ2) is 2.22. The van der Waals surface area contributed by atoms with Gasteiger partial charge in [-0.3, -0.25) is 0 Å². The summed E-state index contributed by atoms with van der Waals surface area (Å²) in [5.74, 6) is 0.847. The van der Waals surface area contributed by atoms with Crippen molar-refractivity contribution >= 4 is 9.84 Å². The van der Waals surface area contributed by atoms with Crippen LogP contribution in [0.2, 0.25) is 0 Å². The van der Waals surface area contributed by atoms with Crippen molar-refractivity contribution in [3.63, 3.8) is 0 Å². The van der Waals surface area contributed by atoms with E-state index in [0.29, 0.717) is 11.5 Å². The highest BCUT2D eigenvalue weighted by Gasteiger charge is 2.45. The molecule has 0 spiro atoms. The van der Waals surface area contributed by atoms with Crippen molar-refractivity contribution in [1.82, 2.24) is 0 Å². The molecule has 0 saturated carbocycles. The molecule has 0 bridgehead atoms. The van der Waals surface area contributed by atoms with E-state index in [4.69, 9.17) is 0 Å². The van der Waals surface area contributed by atoms with Crippen LogP contribution in [-0.2, 0) is 9.84 Å². The fourth-order valence-corrected chi connectivity index (χ4v) is 4.15. The van der Waals surface area contributed by atoms with E-state index in [0.717, 1.165) is 12.8 Å². The molecular weight excluding hydrogens is 148 g/mol. The standard InChI is InChI=1S/C7H14O2S/c1-3-7(4-2)5-10(8,9)6-7/h3-6H2,1-2H3. The minimum Gasteiger partial charge on any atom is -0.229 e. The van der Waals surface area contributed by atoms with Crippen LogP contribution in [0.5, 0.6) is 0 Å². The smallest absolute Gasteiger partial charge is 0.151 e. The molecule has 0 aliphatic carbocycles. The normalized spacial score (nSPS) is 27.4. The molecule has 10 heavy (non-hydrogen) atoms. The molecule has 1 heterocycles. The van der Waals surface area contributed by atoms with E-state index in [2.05, 4.69) is 13.8 Å². The number of sulfone groups is 1. The molecule has 0 N–H and O–H groups in total. The van der Waals surface area contributed by atoms with Gasteiger partial charge in [0.2, 0.25) is 0 Å². The van der Waals surface area contributed by atoms with Gasteiger partial charge in [-0.25, -0.2) is 8.42 Å². The lowest BCUT2D eigenvalue weighted by atomic mass is 9.86. The molecule has 0 radical (unpaired) electrons. The Hall–Kier alpha value is -0.0500. The molecule has 1 fully saturated rings. The summed E-state index contributed by atoms with van der Waals surface area (Å²) >= 11 is 0. The van der Waals surface area contributed by atoms with E-state index in [1.165, 1.54) is 0 Å². The van der Waals surface area contributed by atoms with Crippen molar-refractivity contribution in [3.8, 4) is 0 Å². The Morgan fingerprint density at radius 2 is 1.60 bits per heavy atom. The van der Waals surface area contributed by atoms with Crippen molar-refractivity contribution < 1.29 is 8.42 Å². The van der Waals surface area contributed by atoms with Crippen LogP contribution in [0.1, 0.15) is 26.7 Å². The molecular formula is C7H14O2S. The van der Waals surface area contributed by atoms with Crippen LogP contribution in [-0.4, -0.2) is 19.9 Å². The summed E-state index contributed by atoms with van der Waals surface area (Å²) < 4.78 is 21.6. The fourth-order valence-electron chi connectivity index (χ4n) is 1.55. The Morgan fingerprint density at radius 3 is 1.70 bits per heavy atom. The Morgan fingerprint density at radius 1 is 1.20 bits per heavy atom. The van der Waals surface area contributed by atoms with Gasteiger partial charge in [-0.15, -0.1) is 0 Å². The van der Waals surface area contributed by atoms with E-state index in [1.54, 1.807) is 0 Å². The van der Waals surface area contributed by atoms with Gasteiger partial charge in [0, 0.05) is 0 Å². The predicted molar refractivity (Wildman–Crippen MR) is 41.7 cm³/mol. The first-order valence-corrected chi connectivity index (χ1v) is 5.56. The zero-order valence-electron chi connectivity index (χ0n) is 6.55. The van der Waals surface area contributed by atoms with Crippen LogP contribution in [0.4, 0.5) is 0 Å². The number of hydrogen-bond donors (Lipinski definition) is 0. The average Bonchev–Trinajstić information content (AvgIpc) is 1.82. The van der Waals surface area contributed by atoms with Crippen molar-refractivity contribution in [2.75, 3.05) is 11.5 Å². The van der Waals surface area contributed by atoms with Gasteiger partial charge in [-0.05, 0) is 18.3 Å². The minimum atomic E-state index is -2.61. The highest BCUT2D eigenvalue weighted by Crippen LogP contribution is 2.38. The van der Waals surface area contributed by atoms with E-state index < -0.39 is 9.84 Å². The lowest BCUT2D eigenvalue weighted by molar-refractivity contribution is 0.307. The van der Waals surface area contributed by atoms with Crippen molar-refractivity contribution in [2.45, 2.75) is 26.7 Å². The maximum Gasteiger partial charge on any atom is 0.151 e. The number of hydrogen-bond acceptors (Lipinski definition) is 2. The van der Waals surface area contributed by atoms with Gasteiger partial charge >= 0.3 is 0 Å². The summed E-state index contributed by atoms with van der Waals surface area (Å²) in [6.07, 6.45) is 2.01. The van der Waals surface area contributed by atoms with Crippen LogP contribution in [0.3, 0.4) is 0 Å². The van der Waals surface area contributed by atoms with Gasteiger partial charge in [-0.2, -0.15) is 0 Å². The van der Waals surface area contributed by atoms with Crippen molar-refractivity contribution in [3.05, 3.63) is 0 Å². The molecule has 0 aromatic heterocycles. The minimum absolute atomic E-state index is 0.152. The molecule has 1 saturated heterocycles. The summed E-state index contributed by atoms with van der Waals surface area (Å²) in [7, 11) is -2.61. The average molecular weight is 162 g/mol. The quantitative estimate of drug-likeness (QED) is 0.612. The fraction of sp³-hybridized carbons (Fsp3) is 1.00. The Labute approximate surface area is 62.5 Å². The van der Waals surface area contributed by atoms with Crippen molar-refractivity contribution in [1.29, 1.82) is 0 Å². The highest BCUT2D eigenvalue weighted by atomic mass is 32.2. The summed E-state index contributed by atoms with van der Waals surface area (Å²) in [4.78, 5) is 0. The third kappa shape index (κ3) is 1.19. The number of rotatable bonds is 2. The SMILES string of the molecule is CCC1(CC)CS(=O)(=O)C1. The summed E-state index contributed by atoms with van der Waals surface area (Å²) in [6.45, 7) is 4.14. The highest BCUT2D eigenvalue weighted by molar-refractivity contribution is 7.92. The molecule has 1 rings (SSSR count). The van der Waals surface area contributed by atoms with Crippen LogP contribution >= 0.6 is 0 Å². The van der Waals surface area contributed by atoms with Gasteiger partial charge < -0.3 is 0 Å². The maximum absolute atomic E-state index is 10.8. The Bertz CT molecular complexity index is 198. The zero-order valence-corrected chi connectivity index (χ0v) is 7.37. The predicted octanol–water partition coefficient (Wildman–Crippen LogP) is 1.22. The van der Waals surface area contributed by atoms with E-state index in [9.17, 15) is 8.42 Å². The Balaban J connectivity index is 2.63. The summed E-state index contributed by atoms with van der Waals surface area (Å²) in [5, 5.41) is 0. The lowest BCUT2D eigenvalue weighted by Crippen LogP contribution is -2.47. The molecule has 1 aliphatic rings. The molecule has 60 valence electrons. The van der Waals surface area contributed by atoms with Crippen molar-refractivity contribution in [2.24, 2.45) is 5.41 Å². The molecule has 0 unspecified atom stereocenters. The molecule has 0 amide bonds. The van der Waals surface area contributed by atoms with E-state index in [1.807, 2.05) is 0 Å².